The molecule has 3 nitrogen and oxygen atoms in total. The predicted octanol–water partition coefficient (Wildman–Crippen LogP) is 4.63. The van der Waals surface area contributed by atoms with Gasteiger partial charge in [-0.15, -0.1) is 0 Å². The monoisotopic (exact) mass is 332 g/mol. The Morgan fingerprint density at radius 1 is 1.08 bits per heavy atom. The fourth-order valence-corrected chi connectivity index (χ4v) is 3.54. The van der Waals surface area contributed by atoms with Crippen LogP contribution in [0.4, 0.5) is 0 Å². The van der Waals surface area contributed by atoms with Crippen LogP contribution in [0.5, 0.6) is 5.88 Å². The van der Waals surface area contributed by atoms with Crippen molar-refractivity contribution in [2.75, 3.05) is 6.54 Å². The van der Waals surface area contributed by atoms with E-state index >= 15 is 0 Å². The van der Waals surface area contributed by atoms with Gasteiger partial charge in [0.1, 0.15) is 6.10 Å². The molecule has 3 heteroatoms. The van der Waals surface area contributed by atoms with E-state index in [1.807, 2.05) is 0 Å². The minimum Gasteiger partial charge on any atom is -0.473 e. The molecule has 0 radical (unpaired) electrons. The normalized spacial score (nSPS) is 17.8. The van der Waals surface area contributed by atoms with Gasteiger partial charge in [-0.1, -0.05) is 30.3 Å². The van der Waals surface area contributed by atoms with Crippen molar-refractivity contribution in [1.29, 1.82) is 0 Å². The minimum absolute atomic E-state index is 0.126. The Morgan fingerprint density at radius 3 is 2.64 bits per heavy atom. The molecule has 2 aromatic carbocycles. The topological polar surface area (TPSA) is 25.4 Å². The molecular formula is C22H24N2O. The third-order valence-electron chi connectivity index (χ3n) is 4.94. The number of rotatable bonds is 2. The second kappa shape index (κ2) is 6.49. The summed E-state index contributed by atoms with van der Waals surface area (Å²) in [5.41, 5.74) is 6.10. The van der Waals surface area contributed by atoms with Crippen molar-refractivity contribution in [3.63, 3.8) is 0 Å². The van der Waals surface area contributed by atoms with E-state index in [1.54, 1.807) is 0 Å². The molecule has 0 aliphatic carbocycles. The van der Waals surface area contributed by atoms with Gasteiger partial charge in [0.15, 0.2) is 0 Å². The molecule has 0 saturated carbocycles. The third-order valence-corrected chi connectivity index (χ3v) is 4.94. The van der Waals surface area contributed by atoms with Crippen LogP contribution in [0.25, 0.3) is 10.9 Å². The van der Waals surface area contributed by atoms with Crippen molar-refractivity contribution in [3.8, 4) is 5.88 Å². The Hall–Kier alpha value is -2.39. The quantitative estimate of drug-likeness (QED) is 0.684. The molecule has 3 aromatic rings. The summed E-state index contributed by atoms with van der Waals surface area (Å²) in [5, 5.41) is 1.19. The van der Waals surface area contributed by atoms with Gasteiger partial charge in [0.05, 0.1) is 5.52 Å². The smallest absolute Gasteiger partial charge is 0.218 e. The summed E-state index contributed by atoms with van der Waals surface area (Å²) < 4.78 is 6.15. The van der Waals surface area contributed by atoms with Gasteiger partial charge in [0.2, 0.25) is 5.88 Å². The summed E-state index contributed by atoms with van der Waals surface area (Å²) in [5.74, 6) is 0.791. The van der Waals surface area contributed by atoms with Crippen molar-refractivity contribution in [1.82, 2.24) is 9.88 Å². The Bertz CT molecular complexity index is 905. The molecule has 25 heavy (non-hydrogen) atoms. The maximum Gasteiger partial charge on any atom is 0.218 e. The van der Waals surface area contributed by atoms with Crippen LogP contribution in [0, 0.1) is 13.8 Å². The minimum atomic E-state index is 0.126. The Morgan fingerprint density at radius 2 is 1.84 bits per heavy atom. The van der Waals surface area contributed by atoms with E-state index in [2.05, 4.69) is 74.2 Å². The lowest BCUT2D eigenvalue weighted by Crippen LogP contribution is -2.30. The lowest BCUT2D eigenvalue weighted by molar-refractivity contribution is 0.153. The fraction of sp³-hybridized carbons (Fsp3) is 0.318. The number of pyridine rings is 1. The van der Waals surface area contributed by atoms with Crippen LogP contribution >= 0.6 is 0 Å². The van der Waals surface area contributed by atoms with Crippen LogP contribution in [0.1, 0.15) is 29.2 Å². The van der Waals surface area contributed by atoms with Gasteiger partial charge in [-0.25, -0.2) is 4.98 Å². The van der Waals surface area contributed by atoms with Gasteiger partial charge in [0, 0.05) is 30.6 Å². The number of hydrogen-bond acceptors (Lipinski definition) is 3. The second-order valence-corrected chi connectivity index (χ2v) is 7.17. The van der Waals surface area contributed by atoms with Gasteiger partial charge in [-0.05, 0) is 55.7 Å². The number of benzene rings is 2. The maximum atomic E-state index is 6.15. The maximum absolute atomic E-state index is 6.15. The molecule has 0 amide bonds. The number of aryl methyl sites for hydroxylation is 2. The van der Waals surface area contributed by atoms with Crippen LogP contribution in [0.15, 0.2) is 48.5 Å². The predicted molar refractivity (Wildman–Crippen MR) is 102 cm³/mol. The zero-order valence-electron chi connectivity index (χ0n) is 15.1. The van der Waals surface area contributed by atoms with Gasteiger partial charge >= 0.3 is 0 Å². The molecule has 0 spiro atoms. The number of fused-ring (bicyclic) bond motifs is 2. The summed E-state index contributed by atoms with van der Waals surface area (Å²) in [4.78, 5) is 7.27. The van der Waals surface area contributed by atoms with E-state index in [0.29, 0.717) is 0 Å². The van der Waals surface area contributed by atoms with E-state index in [9.17, 15) is 0 Å². The average Bonchev–Trinajstić information content (AvgIpc) is 2.72. The summed E-state index contributed by atoms with van der Waals surface area (Å²) in [7, 11) is 0. The first kappa shape index (κ1) is 16.1. The number of ether oxygens (including phenoxy) is 1. The Kier molecular flexibility index (Phi) is 4.18. The standard InChI is InChI=1S/C22H24N2O/c1-15-9-19-11-20-14-24(13-18-7-5-4-6-8-18)12-17(3)25-22(20)23-21(19)10-16(15)2/h4-11,17H,12-14H2,1-3H3. The van der Waals surface area contributed by atoms with Crippen molar-refractivity contribution < 1.29 is 4.74 Å². The molecule has 4 rings (SSSR count). The molecule has 1 unspecified atom stereocenters. The van der Waals surface area contributed by atoms with Crippen molar-refractivity contribution in [3.05, 3.63) is 70.8 Å². The van der Waals surface area contributed by atoms with E-state index in [4.69, 9.17) is 9.72 Å². The first-order valence-electron chi connectivity index (χ1n) is 8.92. The lowest BCUT2D eigenvalue weighted by atomic mass is 10.0. The summed E-state index contributed by atoms with van der Waals surface area (Å²) in [6.45, 7) is 9.11. The number of nitrogens with zero attached hydrogens (tertiary/aromatic N) is 2. The van der Waals surface area contributed by atoms with Crippen LogP contribution in [-0.2, 0) is 13.1 Å². The van der Waals surface area contributed by atoms with E-state index in [1.165, 1.54) is 27.6 Å². The largest absolute Gasteiger partial charge is 0.473 e. The summed E-state index contributed by atoms with van der Waals surface area (Å²) >= 11 is 0. The number of aromatic nitrogens is 1. The molecule has 0 N–H and O–H groups in total. The zero-order chi connectivity index (χ0) is 17.4. The van der Waals surface area contributed by atoms with E-state index in [0.717, 1.165) is 31.0 Å². The molecule has 1 aliphatic rings. The average molecular weight is 332 g/mol. The third kappa shape index (κ3) is 3.38. The number of hydrogen-bond donors (Lipinski definition) is 0. The van der Waals surface area contributed by atoms with E-state index in [-0.39, 0.29) is 6.10 Å². The van der Waals surface area contributed by atoms with Crippen molar-refractivity contribution in [2.45, 2.75) is 40.0 Å². The highest BCUT2D eigenvalue weighted by atomic mass is 16.5. The van der Waals surface area contributed by atoms with Crippen LogP contribution in [0.3, 0.4) is 0 Å². The van der Waals surface area contributed by atoms with Crippen LogP contribution < -0.4 is 4.74 Å². The van der Waals surface area contributed by atoms with Gasteiger partial charge < -0.3 is 4.74 Å². The fourth-order valence-electron chi connectivity index (χ4n) is 3.54. The lowest BCUT2D eigenvalue weighted by Gasteiger charge is -2.21. The Balaban J connectivity index is 1.70. The second-order valence-electron chi connectivity index (χ2n) is 7.17. The molecule has 0 fully saturated rings. The molecule has 1 aliphatic heterocycles. The van der Waals surface area contributed by atoms with Crippen LogP contribution in [0.2, 0.25) is 0 Å². The van der Waals surface area contributed by atoms with Gasteiger partial charge in [0.25, 0.3) is 0 Å². The van der Waals surface area contributed by atoms with E-state index < -0.39 is 0 Å². The molecule has 0 bridgehead atoms. The highest BCUT2D eigenvalue weighted by Crippen LogP contribution is 2.29. The van der Waals surface area contributed by atoms with Crippen LogP contribution in [-0.4, -0.2) is 22.5 Å². The molecule has 1 atom stereocenters. The van der Waals surface area contributed by atoms with Gasteiger partial charge in [-0.2, -0.15) is 0 Å². The Labute approximate surface area is 149 Å². The zero-order valence-corrected chi connectivity index (χ0v) is 15.1. The molecule has 0 saturated heterocycles. The molecule has 2 heterocycles. The highest BCUT2D eigenvalue weighted by Gasteiger charge is 2.22. The molecular weight excluding hydrogens is 308 g/mol. The summed E-state index contributed by atoms with van der Waals surface area (Å²) in [6.07, 6.45) is 0.126. The van der Waals surface area contributed by atoms with Crippen molar-refractivity contribution in [2.24, 2.45) is 0 Å². The molecule has 128 valence electrons. The first-order valence-corrected chi connectivity index (χ1v) is 8.92. The first-order chi connectivity index (χ1) is 12.1. The van der Waals surface area contributed by atoms with Gasteiger partial charge in [-0.3, -0.25) is 4.90 Å². The summed E-state index contributed by atoms with van der Waals surface area (Å²) in [6, 6.07) is 17.3. The molecule has 1 aromatic heterocycles. The SMILES string of the molecule is Cc1cc2cc3c(nc2cc1C)OC(C)CN(Cc1ccccc1)C3. The highest BCUT2D eigenvalue weighted by molar-refractivity contribution is 5.82. The van der Waals surface area contributed by atoms with Crippen molar-refractivity contribution >= 4 is 10.9 Å².